The zero-order chi connectivity index (χ0) is 15.4. The predicted octanol–water partition coefficient (Wildman–Crippen LogP) is 0.889. The fourth-order valence-electron chi connectivity index (χ4n) is 2.51. The molecule has 114 valence electrons. The summed E-state index contributed by atoms with van der Waals surface area (Å²) in [5, 5.41) is 3.00. The van der Waals surface area contributed by atoms with Crippen molar-refractivity contribution in [2.45, 2.75) is 12.5 Å². The second-order valence-electron chi connectivity index (χ2n) is 5.01. The summed E-state index contributed by atoms with van der Waals surface area (Å²) in [7, 11) is 1.57. The van der Waals surface area contributed by atoms with Crippen LogP contribution in [0.25, 0.3) is 0 Å². The highest BCUT2D eigenvalue weighted by molar-refractivity contribution is 5.92. The van der Waals surface area contributed by atoms with Crippen LogP contribution < -0.4 is 15.0 Å². The minimum absolute atomic E-state index is 0.0567. The molecule has 1 fully saturated rings. The molecule has 0 unspecified atom stereocenters. The molecule has 7 nitrogen and oxygen atoms in total. The van der Waals surface area contributed by atoms with E-state index in [9.17, 15) is 4.79 Å². The van der Waals surface area contributed by atoms with Gasteiger partial charge in [0.15, 0.2) is 5.82 Å². The summed E-state index contributed by atoms with van der Waals surface area (Å²) in [6, 6.07) is 5.34. The number of nitrogens with one attached hydrogen (secondary N) is 1. The van der Waals surface area contributed by atoms with E-state index in [-0.39, 0.29) is 11.9 Å². The van der Waals surface area contributed by atoms with Crippen LogP contribution in [0.15, 0.2) is 36.8 Å². The Labute approximate surface area is 128 Å². The Kier molecular flexibility index (Phi) is 4.13. The molecule has 1 N–H and O–H groups in total. The van der Waals surface area contributed by atoms with E-state index < -0.39 is 0 Å². The van der Waals surface area contributed by atoms with Crippen LogP contribution >= 0.6 is 0 Å². The minimum atomic E-state index is -0.154. The predicted molar refractivity (Wildman–Crippen MR) is 80.9 cm³/mol. The highest BCUT2D eigenvalue weighted by atomic mass is 16.5. The lowest BCUT2D eigenvalue weighted by molar-refractivity contribution is 0.0935. The fourth-order valence-corrected chi connectivity index (χ4v) is 2.51. The van der Waals surface area contributed by atoms with Crippen LogP contribution in [-0.4, -0.2) is 47.1 Å². The van der Waals surface area contributed by atoms with Crippen LogP contribution in [0.3, 0.4) is 0 Å². The normalized spacial score (nSPS) is 17.3. The third-order valence-electron chi connectivity index (χ3n) is 3.56. The number of rotatable bonds is 4. The molecule has 0 aliphatic carbocycles. The van der Waals surface area contributed by atoms with Gasteiger partial charge in [0, 0.05) is 37.7 Å². The molecule has 1 saturated heterocycles. The van der Waals surface area contributed by atoms with Crippen molar-refractivity contribution >= 4 is 11.7 Å². The van der Waals surface area contributed by atoms with Gasteiger partial charge in [-0.2, -0.15) is 0 Å². The average Bonchev–Trinajstić information content (AvgIpc) is 3.04. The topological polar surface area (TPSA) is 80.2 Å². The Morgan fingerprint density at radius 3 is 2.91 bits per heavy atom. The van der Waals surface area contributed by atoms with E-state index in [0.717, 1.165) is 13.0 Å². The van der Waals surface area contributed by atoms with Crippen molar-refractivity contribution in [3.8, 4) is 5.88 Å². The molecule has 3 rings (SSSR count). The molecule has 3 heterocycles. The molecule has 1 atom stereocenters. The molecular weight excluding hydrogens is 282 g/mol. The van der Waals surface area contributed by atoms with Crippen molar-refractivity contribution in [3.63, 3.8) is 0 Å². The zero-order valence-corrected chi connectivity index (χ0v) is 12.3. The van der Waals surface area contributed by atoms with Crippen molar-refractivity contribution in [1.29, 1.82) is 0 Å². The van der Waals surface area contributed by atoms with E-state index in [1.54, 1.807) is 43.9 Å². The number of ether oxygens (including phenoxy) is 1. The van der Waals surface area contributed by atoms with Crippen LogP contribution in [-0.2, 0) is 0 Å². The van der Waals surface area contributed by atoms with Crippen LogP contribution in [0.5, 0.6) is 5.88 Å². The van der Waals surface area contributed by atoms with E-state index in [4.69, 9.17) is 4.74 Å². The largest absolute Gasteiger partial charge is 0.478 e. The van der Waals surface area contributed by atoms with Gasteiger partial charge in [0.2, 0.25) is 0 Å². The van der Waals surface area contributed by atoms with E-state index in [0.29, 0.717) is 23.9 Å². The van der Waals surface area contributed by atoms with E-state index in [2.05, 4.69) is 25.2 Å². The first-order chi connectivity index (χ1) is 10.8. The van der Waals surface area contributed by atoms with Gasteiger partial charge in [-0.25, -0.2) is 9.97 Å². The van der Waals surface area contributed by atoms with Gasteiger partial charge in [-0.15, -0.1) is 0 Å². The minimum Gasteiger partial charge on any atom is -0.478 e. The summed E-state index contributed by atoms with van der Waals surface area (Å²) in [5.41, 5.74) is 0.429. The van der Waals surface area contributed by atoms with Gasteiger partial charge in [0.25, 0.3) is 11.8 Å². The van der Waals surface area contributed by atoms with Crippen molar-refractivity contribution in [2.75, 3.05) is 25.1 Å². The highest BCUT2D eigenvalue weighted by Crippen LogP contribution is 2.25. The Morgan fingerprint density at radius 1 is 1.27 bits per heavy atom. The Bertz CT molecular complexity index is 649. The summed E-state index contributed by atoms with van der Waals surface area (Å²) in [5.74, 6) is 1.05. The molecule has 0 aromatic carbocycles. The molecule has 0 bridgehead atoms. The van der Waals surface area contributed by atoms with Crippen LogP contribution in [0.1, 0.15) is 16.9 Å². The van der Waals surface area contributed by atoms with E-state index in [1.807, 2.05) is 0 Å². The second kappa shape index (κ2) is 6.38. The number of amides is 1. The number of carbonyl (C=O) groups is 1. The lowest BCUT2D eigenvalue weighted by atomic mass is 10.2. The summed E-state index contributed by atoms with van der Waals surface area (Å²) >= 11 is 0. The first-order valence-corrected chi connectivity index (χ1v) is 7.10. The number of nitrogens with zero attached hydrogens (tertiary/aromatic N) is 4. The Hall–Kier alpha value is -2.70. The van der Waals surface area contributed by atoms with Gasteiger partial charge >= 0.3 is 0 Å². The number of pyridine rings is 1. The molecular formula is C15H17N5O2. The van der Waals surface area contributed by atoms with Crippen LogP contribution in [0, 0.1) is 0 Å². The molecule has 1 amide bonds. The maximum atomic E-state index is 12.1. The molecule has 7 heteroatoms. The number of aromatic nitrogens is 3. The van der Waals surface area contributed by atoms with E-state index >= 15 is 0 Å². The third kappa shape index (κ3) is 2.98. The highest BCUT2D eigenvalue weighted by Gasteiger charge is 2.27. The standard InChI is InChI=1S/C15H17N5O2/c1-22-15-13(17-7-8-18-15)20-9-5-11(10-20)19-14(21)12-4-2-3-6-16-12/h2-4,6-8,11H,5,9-10H2,1H3,(H,19,21)/t11-/m1/s1. The Balaban J connectivity index is 1.64. The van der Waals surface area contributed by atoms with Gasteiger partial charge < -0.3 is 15.0 Å². The quantitative estimate of drug-likeness (QED) is 0.903. The number of methoxy groups -OCH3 is 1. The smallest absolute Gasteiger partial charge is 0.270 e. The number of anilines is 1. The lowest BCUT2D eigenvalue weighted by Gasteiger charge is -2.19. The first-order valence-electron chi connectivity index (χ1n) is 7.10. The Morgan fingerprint density at radius 2 is 2.14 bits per heavy atom. The molecule has 22 heavy (non-hydrogen) atoms. The second-order valence-corrected chi connectivity index (χ2v) is 5.01. The van der Waals surface area contributed by atoms with Gasteiger partial charge in [0.1, 0.15) is 5.69 Å². The van der Waals surface area contributed by atoms with Gasteiger partial charge in [0.05, 0.1) is 7.11 Å². The van der Waals surface area contributed by atoms with Gasteiger partial charge in [-0.05, 0) is 18.6 Å². The van der Waals surface area contributed by atoms with Crippen molar-refractivity contribution < 1.29 is 9.53 Å². The zero-order valence-electron chi connectivity index (χ0n) is 12.3. The summed E-state index contributed by atoms with van der Waals surface area (Å²) in [4.78, 5) is 26.7. The molecule has 0 spiro atoms. The van der Waals surface area contributed by atoms with Crippen LogP contribution in [0.2, 0.25) is 0 Å². The molecule has 1 aliphatic rings. The van der Waals surface area contributed by atoms with Crippen molar-refractivity contribution in [3.05, 3.63) is 42.5 Å². The average molecular weight is 299 g/mol. The van der Waals surface area contributed by atoms with Gasteiger partial charge in [-0.1, -0.05) is 6.07 Å². The molecule has 2 aromatic heterocycles. The molecule has 1 aliphatic heterocycles. The number of hydrogen-bond donors (Lipinski definition) is 1. The fraction of sp³-hybridized carbons (Fsp3) is 0.333. The molecule has 2 aromatic rings. The monoisotopic (exact) mass is 299 g/mol. The first kappa shape index (κ1) is 14.2. The summed E-state index contributed by atoms with van der Waals surface area (Å²) in [6.45, 7) is 1.47. The van der Waals surface area contributed by atoms with Gasteiger partial charge in [-0.3, -0.25) is 9.78 Å². The maximum Gasteiger partial charge on any atom is 0.270 e. The number of carbonyl (C=O) groups excluding carboxylic acids is 1. The molecule has 0 radical (unpaired) electrons. The van der Waals surface area contributed by atoms with Crippen LogP contribution in [0.4, 0.5) is 5.82 Å². The lowest BCUT2D eigenvalue weighted by Crippen LogP contribution is -2.37. The summed E-state index contributed by atoms with van der Waals surface area (Å²) < 4.78 is 5.23. The van der Waals surface area contributed by atoms with Crippen molar-refractivity contribution in [1.82, 2.24) is 20.3 Å². The van der Waals surface area contributed by atoms with Crippen molar-refractivity contribution in [2.24, 2.45) is 0 Å². The molecule has 0 saturated carbocycles. The summed E-state index contributed by atoms with van der Waals surface area (Å²) in [6.07, 6.45) is 5.69. The van der Waals surface area contributed by atoms with E-state index in [1.165, 1.54) is 0 Å². The SMILES string of the molecule is COc1nccnc1N1CC[C@@H](NC(=O)c2ccccn2)C1. The third-order valence-corrected chi connectivity index (χ3v) is 3.56. The number of hydrogen-bond acceptors (Lipinski definition) is 6. The maximum absolute atomic E-state index is 12.1.